The van der Waals surface area contributed by atoms with Crippen molar-refractivity contribution in [3.05, 3.63) is 29.6 Å². The van der Waals surface area contributed by atoms with Crippen molar-refractivity contribution >= 4 is 5.97 Å². The number of carbonyl (C=O) groups is 1. The Balaban J connectivity index is 1.71. The Bertz CT molecular complexity index is 598. The number of benzene rings is 1. The van der Waals surface area contributed by atoms with Gasteiger partial charge in [0.15, 0.2) is 11.6 Å². The van der Waals surface area contributed by atoms with Crippen LogP contribution in [0.2, 0.25) is 0 Å². The third kappa shape index (κ3) is 3.38. The van der Waals surface area contributed by atoms with Gasteiger partial charge in [0, 0.05) is 19.0 Å². The minimum atomic E-state index is -0.365. The number of ether oxygens (including phenoxy) is 2. The summed E-state index contributed by atoms with van der Waals surface area (Å²) >= 11 is 0. The number of nitrogens with one attached hydrogen (secondary N) is 2. The molecule has 0 radical (unpaired) electrons. The first-order chi connectivity index (χ1) is 11.6. The van der Waals surface area contributed by atoms with Gasteiger partial charge in [-0.15, -0.1) is 0 Å². The highest BCUT2D eigenvalue weighted by atomic mass is 19.1. The van der Waals surface area contributed by atoms with Crippen molar-refractivity contribution in [3.8, 4) is 5.75 Å². The normalized spacial score (nSPS) is 27.4. The molecule has 2 saturated heterocycles. The molecule has 7 heteroatoms. The van der Waals surface area contributed by atoms with Gasteiger partial charge in [-0.25, -0.2) is 9.82 Å². The van der Waals surface area contributed by atoms with Gasteiger partial charge in [-0.3, -0.25) is 15.1 Å². The molecule has 3 rings (SSSR count). The van der Waals surface area contributed by atoms with Crippen LogP contribution in [0.15, 0.2) is 18.2 Å². The summed E-state index contributed by atoms with van der Waals surface area (Å²) in [5.74, 6) is -0.0517. The van der Waals surface area contributed by atoms with Crippen LogP contribution in [0.3, 0.4) is 0 Å². The first kappa shape index (κ1) is 17.1. The molecule has 132 valence electrons. The molecule has 1 aromatic rings. The summed E-state index contributed by atoms with van der Waals surface area (Å²) < 4.78 is 23.9. The smallest absolute Gasteiger partial charge is 0.323 e. The van der Waals surface area contributed by atoms with E-state index in [1.165, 1.54) is 20.3 Å². The third-order valence-corrected chi connectivity index (χ3v) is 4.93. The maximum Gasteiger partial charge on any atom is 0.323 e. The first-order valence-electron chi connectivity index (χ1n) is 8.27. The van der Waals surface area contributed by atoms with E-state index in [2.05, 4.69) is 15.8 Å². The van der Waals surface area contributed by atoms with Gasteiger partial charge in [0.2, 0.25) is 0 Å². The number of hydrogen-bond donors (Lipinski definition) is 2. The molecule has 0 spiro atoms. The van der Waals surface area contributed by atoms with Crippen molar-refractivity contribution in [2.45, 2.75) is 24.9 Å². The molecule has 2 aliphatic heterocycles. The predicted octanol–water partition coefficient (Wildman–Crippen LogP) is 1.24. The zero-order valence-corrected chi connectivity index (χ0v) is 14.0. The van der Waals surface area contributed by atoms with Crippen LogP contribution in [-0.2, 0) is 9.53 Å². The van der Waals surface area contributed by atoms with Gasteiger partial charge in [0.1, 0.15) is 6.04 Å². The van der Waals surface area contributed by atoms with Crippen LogP contribution in [0.4, 0.5) is 4.39 Å². The van der Waals surface area contributed by atoms with E-state index >= 15 is 0 Å². The molecule has 2 aliphatic rings. The number of carbonyl (C=O) groups excluding carboxylic acids is 1. The third-order valence-electron chi connectivity index (χ3n) is 4.93. The summed E-state index contributed by atoms with van der Waals surface area (Å²) in [6.07, 6.45) is 1.83. The van der Waals surface area contributed by atoms with E-state index in [9.17, 15) is 9.18 Å². The number of halogens is 1. The fourth-order valence-electron chi connectivity index (χ4n) is 3.69. The molecule has 0 amide bonds. The standard InChI is InChI=1S/C17H24FN3O3/c1-23-15-6-5-11(8-13(15)18)16-12(9-19-20-16)10-21-7-3-4-14(21)17(22)24-2/h5-6,8,12,14,16,19-20H,3-4,7,9-10H2,1-2H3/t12?,14-,16?/m0/s1. The molecular formula is C17H24FN3O3. The van der Waals surface area contributed by atoms with Gasteiger partial charge in [-0.2, -0.15) is 0 Å². The molecular weight excluding hydrogens is 313 g/mol. The van der Waals surface area contributed by atoms with Crippen LogP contribution in [0.5, 0.6) is 5.75 Å². The van der Waals surface area contributed by atoms with Gasteiger partial charge in [0.05, 0.1) is 20.3 Å². The van der Waals surface area contributed by atoms with Crippen LogP contribution in [0.25, 0.3) is 0 Å². The highest BCUT2D eigenvalue weighted by molar-refractivity contribution is 5.75. The molecule has 0 bridgehead atoms. The van der Waals surface area contributed by atoms with Crippen LogP contribution < -0.4 is 15.6 Å². The Morgan fingerprint density at radius 1 is 1.42 bits per heavy atom. The van der Waals surface area contributed by atoms with Crippen LogP contribution >= 0.6 is 0 Å². The van der Waals surface area contributed by atoms with Crippen molar-refractivity contribution in [1.29, 1.82) is 0 Å². The lowest BCUT2D eigenvalue weighted by Crippen LogP contribution is -2.41. The van der Waals surface area contributed by atoms with Gasteiger partial charge >= 0.3 is 5.97 Å². The summed E-state index contributed by atoms with van der Waals surface area (Å²) in [5.41, 5.74) is 7.25. The lowest BCUT2D eigenvalue weighted by atomic mass is 9.94. The van der Waals surface area contributed by atoms with Crippen LogP contribution in [0.1, 0.15) is 24.4 Å². The second kappa shape index (κ2) is 7.46. The molecule has 2 unspecified atom stereocenters. The second-order valence-electron chi connectivity index (χ2n) is 6.33. The summed E-state index contributed by atoms with van der Waals surface area (Å²) in [6.45, 7) is 2.42. The summed E-state index contributed by atoms with van der Waals surface area (Å²) in [7, 11) is 2.89. The zero-order valence-electron chi connectivity index (χ0n) is 14.0. The fourth-order valence-corrected chi connectivity index (χ4v) is 3.69. The van der Waals surface area contributed by atoms with Gasteiger partial charge in [0.25, 0.3) is 0 Å². The second-order valence-corrected chi connectivity index (χ2v) is 6.33. The molecule has 0 saturated carbocycles. The van der Waals surface area contributed by atoms with E-state index in [0.29, 0.717) is 0 Å². The fraction of sp³-hybridized carbons (Fsp3) is 0.588. The maximum atomic E-state index is 14.0. The van der Waals surface area contributed by atoms with Crippen molar-refractivity contribution in [2.75, 3.05) is 33.9 Å². The Morgan fingerprint density at radius 2 is 2.25 bits per heavy atom. The zero-order chi connectivity index (χ0) is 17.1. The summed E-state index contributed by atoms with van der Waals surface area (Å²) in [5, 5.41) is 0. The number of hydrazine groups is 1. The van der Waals surface area contributed by atoms with Gasteiger partial charge in [-0.1, -0.05) is 6.07 Å². The first-order valence-corrected chi connectivity index (χ1v) is 8.27. The quantitative estimate of drug-likeness (QED) is 0.788. The van der Waals surface area contributed by atoms with Crippen molar-refractivity contribution < 1.29 is 18.7 Å². The highest BCUT2D eigenvalue weighted by Crippen LogP contribution is 2.30. The number of likely N-dealkylation sites (tertiary alicyclic amines) is 1. The Morgan fingerprint density at radius 3 is 2.96 bits per heavy atom. The Hall–Kier alpha value is -1.70. The Labute approximate surface area is 141 Å². The number of rotatable bonds is 5. The minimum absolute atomic E-state index is 0.00990. The monoisotopic (exact) mass is 337 g/mol. The van der Waals surface area contributed by atoms with Crippen molar-refractivity contribution in [2.24, 2.45) is 5.92 Å². The molecule has 0 aromatic heterocycles. The molecule has 2 N–H and O–H groups in total. The molecule has 2 fully saturated rings. The van der Waals surface area contributed by atoms with Crippen molar-refractivity contribution in [1.82, 2.24) is 15.8 Å². The van der Waals surface area contributed by atoms with E-state index in [1.54, 1.807) is 6.07 Å². The van der Waals surface area contributed by atoms with Crippen LogP contribution in [0, 0.1) is 11.7 Å². The molecule has 0 aliphatic carbocycles. The average molecular weight is 337 g/mol. The van der Waals surface area contributed by atoms with E-state index in [1.807, 2.05) is 6.07 Å². The lowest BCUT2D eigenvalue weighted by Gasteiger charge is -2.28. The Kier molecular flexibility index (Phi) is 5.33. The van der Waals surface area contributed by atoms with Gasteiger partial charge < -0.3 is 9.47 Å². The maximum absolute atomic E-state index is 14.0. The number of nitrogens with zero attached hydrogens (tertiary/aromatic N) is 1. The van der Waals surface area contributed by atoms with Crippen LogP contribution in [-0.4, -0.2) is 50.8 Å². The van der Waals surface area contributed by atoms with E-state index in [4.69, 9.17) is 9.47 Å². The topological polar surface area (TPSA) is 62.8 Å². The summed E-state index contributed by atoms with van der Waals surface area (Å²) in [6, 6.07) is 4.86. The van der Waals surface area contributed by atoms with Gasteiger partial charge in [-0.05, 0) is 37.1 Å². The number of esters is 1. The molecule has 2 heterocycles. The van der Waals surface area contributed by atoms with E-state index < -0.39 is 0 Å². The highest BCUT2D eigenvalue weighted by Gasteiger charge is 2.36. The van der Waals surface area contributed by atoms with E-state index in [0.717, 1.165) is 38.0 Å². The molecule has 6 nitrogen and oxygen atoms in total. The van der Waals surface area contributed by atoms with Crippen molar-refractivity contribution in [3.63, 3.8) is 0 Å². The molecule has 3 atom stereocenters. The summed E-state index contributed by atoms with van der Waals surface area (Å²) in [4.78, 5) is 14.1. The minimum Gasteiger partial charge on any atom is -0.494 e. The predicted molar refractivity (Wildman–Crippen MR) is 86.9 cm³/mol. The number of methoxy groups -OCH3 is 2. The average Bonchev–Trinajstić information content (AvgIpc) is 3.24. The number of hydrogen-bond acceptors (Lipinski definition) is 6. The molecule has 1 aromatic carbocycles. The SMILES string of the molecule is COC(=O)[C@@H]1CCCN1CC1CNNC1c1ccc(OC)c(F)c1. The van der Waals surface area contributed by atoms with E-state index in [-0.39, 0.29) is 35.5 Å². The lowest BCUT2D eigenvalue weighted by molar-refractivity contribution is -0.146. The molecule has 24 heavy (non-hydrogen) atoms. The largest absolute Gasteiger partial charge is 0.494 e.